The van der Waals surface area contributed by atoms with Crippen molar-refractivity contribution in [1.82, 2.24) is 5.32 Å². The first-order chi connectivity index (χ1) is 11.3. The average molecular weight is 343 g/mol. The van der Waals surface area contributed by atoms with Gasteiger partial charge in [-0.15, -0.1) is 12.4 Å². The van der Waals surface area contributed by atoms with Gasteiger partial charge in [0.05, 0.1) is 0 Å². The highest BCUT2D eigenvalue weighted by Crippen LogP contribution is 2.41. The lowest BCUT2D eigenvalue weighted by Crippen LogP contribution is -2.20. The maximum absolute atomic E-state index is 12.1. The molecule has 0 bridgehead atoms. The molecule has 2 fully saturated rings. The normalized spacial score (nSPS) is 21.7. The van der Waals surface area contributed by atoms with Crippen molar-refractivity contribution >= 4 is 24.0 Å². The molecule has 4 rings (SSSR count). The standard InChI is InChI=1S/C20H22N2O.ClH/c23-20(16-4-2-1-3-5-16)22-17-10-8-15(9-11-17)18-12-19(18)21-13-14-6-7-14;/h1-5,8-11,14,18-19,21H,6-7,12-13H2,(H,22,23);1H/t18-,19+;/m0./s1. The second-order valence-corrected chi connectivity index (χ2v) is 6.74. The summed E-state index contributed by atoms with van der Waals surface area (Å²) in [7, 11) is 0. The summed E-state index contributed by atoms with van der Waals surface area (Å²) in [5.41, 5.74) is 2.91. The smallest absolute Gasteiger partial charge is 0.255 e. The molecule has 2 N–H and O–H groups in total. The van der Waals surface area contributed by atoms with E-state index in [2.05, 4.69) is 22.8 Å². The molecular weight excluding hydrogens is 320 g/mol. The maximum atomic E-state index is 12.1. The molecule has 0 unspecified atom stereocenters. The Morgan fingerprint density at radius 1 is 1.00 bits per heavy atom. The Bertz CT molecular complexity index is 683. The van der Waals surface area contributed by atoms with E-state index >= 15 is 0 Å². The third kappa shape index (κ3) is 4.16. The summed E-state index contributed by atoms with van der Waals surface area (Å²) in [5, 5.41) is 6.62. The monoisotopic (exact) mass is 342 g/mol. The first kappa shape index (κ1) is 17.0. The number of anilines is 1. The Kier molecular flexibility index (Phi) is 5.22. The third-order valence-corrected chi connectivity index (χ3v) is 4.79. The van der Waals surface area contributed by atoms with E-state index in [0.717, 1.165) is 11.6 Å². The summed E-state index contributed by atoms with van der Waals surface area (Å²) in [4.78, 5) is 12.1. The second kappa shape index (κ2) is 7.37. The van der Waals surface area contributed by atoms with E-state index in [1.807, 2.05) is 42.5 Å². The number of rotatable bonds is 6. The van der Waals surface area contributed by atoms with E-state index in [-0.39, 0.29) is 18.3 Å². The molecule has 3 nitrogen and oxygen atoms in total. The molecule has 2 aliphatic carbocycles. The Morgan fingerprint density at radius 2 is 1.71 bits per heavy atom. The first-order valence-electron chi connectivity index (χ1n) is 8.49. The quantitative estimate of drug-likeness (QED) is 0.825. The van der Waals surface area contributed by atoms with Gasteiger partial charge in [0.1, 0.15) is 0 Å². The van der Waals surface area contributed by atoms with Crippen LogP contribution in [0.3, 0.4) is 0 Å². The molecule has 1 amide bonds. The summed E-state index contributed by atoms with van der Waals surface area (Å²) in [6.07, 6.45) is 4.04. The van der Waals surface area contributed by atoms with Gasteiger partial charge in [0, 0.05) is 23.2 Å². The van der Waals surface area contributed by atoms with Gasteiger partial charge >= 0.3 is 0 Å². The van der Waals surface area contributed by atoms with Gasteiger partial charge < -0.3 is 10.6 Å². The average Bonchev–Trinajstić information content (AvgIpc) is 3.49. The fourth-order valence-corrected chi connectivity index (χ4v) is 3.04. The number of halogens is 1. The van der Waals surface area contributed by atoms with Gasteiger partial charge in [-0.1, -0.05) is 30.3 Å². The molecule has 24 heavy (non-hydrogen) atoms. The van der Waals surface area contributed by atoms with Gasteiger partial charge in [-0.25, -0.2) is 0 Å². The lowest BCUT2D eigenvalue weighted by Gasteiger charge is -2.07. The van der Waals surface area contributed by atoms with E-state index in [9.17, 15) is 4.79 Å². The zero-order valence-corrected chi connectivity index (χ0v) is 14.4. The molecule has 2 aliphatic rings. The number of nitrogens with one attached hydrogen (secondary N) is 2. The van der Waals surface area contributed by atoms with Crippen LogP contribution in [0.15, 0.2) is 54.6 Å². The van der Waals surface area contributed by atoms with E-state index in [1.54, 1.807) is 0 Å². The number of carbonyl (C=O) groups excluding carboxylic acids is 1. The van der Waals surface area contributed by atoms with Crippen molar-refractivity contribution in [2.24, 2.45) is 5.92 Å². The van der Waals surface area contributed by atoms with Crippen LogP contribution in [0.25, 0.3) is 0 Å². The molecular formula is C20H23ClN2O. The largest absolute Gasteiger partial charge is 0.322 e. The van der Waals surface area contributed by atoms with Crippen LogP contribution < -0.4 is 10.6 Å². The number of hydrogen-bond acceptors (Lipinski definition) is 2. The molecule has 0 aliphatic heterocycles. The van der Waals surface area contributed by atoms with E-state index in [1.165, 1.54) is 31.4 Å². The van der Waals surface area contributed by atoms with Gasteiger partial charge in [0.2, 0.25) is 0 Å². The number of hydrogen-bond donors (Lipinski definition) is 2. The zero-order chi connectivity index (χ0) is 15.6. The van der Waals surface area contributed by atoms with Gasteiger partial charge in [-0.2, -0.15) is 0 Å². The maximum Gasteiger partial charge on any atom is 0.255 e. The molecule has 0 saturated heterocycles. The van der Waals surface area contributed by atoms with Crippen molar-refractivity contribution in [1.29, 1.82) is 0 Å². The SMILES string of the molecule is Cl.O=C(Nc1ccc([C@@H]2C[C@H]2NCC2CC2)cc1)c1ccccc1. The number of benzene rings is 2. The highest BCUT2D eigenvalue weighted by Gasteiger charge is 2.38. The molecule has 126 valence electrons. The summed E-state index contributed by atoms with van der Waals surface area (Å²) in [6.45, 7) is 1.19. The van der Waals surface area contributed by atoms with Crippen molar-refractivity contribution in [3.8, 4) is 0 Å². The topological polar surface area (TPSA) is 41.1 Å². The molecule has 0 spiro atoms. The van der Waals surface area contributed by atoms with Crippen molar-refractivity contribution in [3.05, 3.63) is 65.7 Å². The highest BCUT2D eigenvalue weighted by molar-refractivity contribution is 6.04. The van der Waals surface area contributed by atoms with Crippen LogP contribution in [0, 0.1) is 5.92 Å². The Labute approximate surface area is 149 Å². The molecule has 2 aromatic rings. The fourth-order valence-electron chi connectivity index (χ4n) is 3.04. The zero-order valence-electron chi connectivity index (χ0n) is 13.6. The summed E-state index contributed by atoms with van der Waals surface area (Å²) in [6, 6.07) is 18.3. The molecule has 2 saturated carbocycles. The van der Waals surface area contributed by atoms with Crippen molar-refractivity contribution in [3.63, 3.8) is 0 Å². The van der Waals surface area contributed by atoms with E-state index in [0.29, 0.717) is 17.5 Å². The molecule has 4 heteroatoms. The molecule has 2 aromatic carbocycles. The van der Waals surface area contributed by atoms with Crippen molar-refractivity contribution < 1.29 is 4.79 Å². The summed E-state index contributed by atoms with van der Waals surface area (Å²) in [5.74, 6) is 1.52. The van der Waals surface area contributed by atoms with Crippen molar-refractivity contribution in [2.75, 3.05) is 11.9 Å². The lowest BCUT2D eigenvalue weighted by atomic mass is 10.1. The van der Waals surface area contributed by atoms with Gasteiger partial charge in [0.25, 0.3) is 5.91 Å². The highest BCUT2D eigenvalue weighted by atomic mass is 35.5. The van der Waals surface area contributed by atoms with Gasteiger partial charge in [-0.3, -0.25) is 4.79 Å². The summed E-state index contributed by atoms with van der Waals surface area (Å²) < 4.78 is 0. The predicted octanol–water partition coefficient (Wildman–Crippen LogP) is 4.22. The molecule has 2 atom stereocenters. The van der Waals surface area contributed by atoms with Crippen molar-refractivity contribution in [2.45, 2.75) is 31.2 Å². The van der Waals surface area contributed by atoms with E-state index in [4.69, 9.17) is 0 Å². The van der Waals surface area contributed by atoms with Crippen LogP contribution in [0.4, 0.5) is 5.69 Å². The molecule has 0 radical (unpaired) electrons. The predicted molar refractivity (Wildman–Crippen MR) is 100.0 cm³/mol. The van der Waals surface area contributed by atoms with Gasteiger partial charge in [0.15, 0.2) is 0 Å². The first-order valence-corrected chi connectivity index (χ1v) is 8.49. The Morgan fingerprint density at radius 3 is 2.38 bits per heavy atom. The number of amides is 1. The summed E-state index contributed by atoms with van der Waals surface area (Å²) >= 11 is 0. The van der Waals surface area contributed by atoms with Gasteiger partial charge in [-0.05, 0) is 61.6 Å². The van der Waals surface area contributed by atoms with Crippen LogP contribution in [0.1, 0.15) is 41.1 Å². The van der Waals surface area contributed by atoms with Crippen LogP contribution in [0.2, 0.25) is 0 Å². The third-order valence-electron chi connectivity index (χ3n) is 4.79. The number of carbonyl (C=O) groups is 1. The van der Waals surface area contributed by atoms with Crippen LogP contribution in [0.5, 0.6) is 0 Å². The van der Waals surface area contributed by atoms with E-state index < -0.39 is 0 Å². The Hall–Kier alpha value is -1.84. The van der Waals surface area contributed by atoms with Crippen LogP contribution in [-0.4, -0.2) is 18.5 Å². The Balaban J connectivity index is 0.00000169. The second-order valence-electron chi connectivity index (χ2n) is 6.74. The van der Waals surface area contributed by atoms with Crippen LogP contribution in [-0.2, 0) is 0 Å². The minimum Gasteiger partial charge on any atom is -0.322 e. The fraction of sp³-hybridized carbons (Fsp3) is 0.350. The lowest BCUT2D eigenvalue weighted by molar-refractivity contribution is 0.102. The van der Waals surface area contributed by atoms with Crippen LogP contribution >= 0.6 is 12.4 Å². The molecule has 0 heterocycles. The molecule has 0 aromatic heterocycles. The minimum atomic E-state index is -0.0613. The minimum absolute atomic E-state index is 0.